The van der Waals surface area contributed by atoms with Crippen LogP contribution in [0, 0.1) is 0 Å². The highest BCUT2D eigenvalue weighted by atomic mass is 32.2. The Kier molecular flexibility index (Phi) is 4.54. The largest absolute Gasteiger partial charge is 0.355 e. The van der Waals surface area contributed by atoms with E-state index in [9.17, 15) is 13.2 Å². The Labute approximate surface area is 123 Å². The highest BCUT2D eigenvalue weighted by Crippen LogP contribution is 2.21. The fourth-order valence-electron chi connectivity index (χ4n) is 1.99. The lowest BCUT2D eigenvalue weighted by molar-refractivity contribution is -0.122. The fraction of sp³-hybridized carbons (Fsp3) is 0.286. The normalized spacial score (nSPS) is 13.0. The van der Waals surface area contributed by atoms with Crippen molar-refractivity contribution in [3.05, 3.63) is 36.5 Å². The van der Waals surface area contributed by atoms with Crippen molar-refractivity contribution in [2.24, 2.45) is 0 Å². The minimum Gasteiger partial charge on any atom is -0.355 e. The van der Waals surface area contributed by atoms with Crippen LogP contribution in [0.3, 0.4) is 0 Å². The van der Waals surface area contributed by atoms with Crippen molar-refractivity contribution >= 4 is 26.8 Å². The maximum absolute atomic E-state index is 12.4. The van der Waals surface area contributed by atoms with E-state index in [4.69, 9.17) is 0 Å². The molecule has 0 aliphatic heterocycles. The zero-order valence-electron chi connectivity index (χ0n) is 11.8. The first kappa shape index (κ1) is 15.4. The molecule has 0 radical (unpaired) electrons. The van der Waals surface area contributed by atoms with Gasteiger partial charge in [-0.2, -0.15) is 4.72 Å². The first-order chi connectivity index (χ1) is 9.95. The summed E-state index contributed by atoms with van der Waals surface area (Å²) in [6.07, 6.45) is 1.60. The van der Waals surface area contributed by atoms with Gasteiger partial charge in [0.25, 0.3) is 0 Å². The SMILES string of the molecule is CCNC(=O)[C@@H](C)NS(=O)(=O)c1cccc2ncccc12. The number of nitrogens with zero attached hydrogens (tertiary/aromatic N) is 1. The van der Waals surface area contributed by atoms with E-state index in [1.165, 1.54) is 13.0 Å². The van der Waals surface area contributed by atoms with Gasteiger partial charge in [0.05, 0.1) is 16.5 Å². The first-order valence-corrected chi connectivity index (χ1v) is 8.08. The number of fused-ring (bicyclic) bond motifs is 1. The smallest absolute Gasteiger partial charge is 0.241 e. The van der Waals surface area contributed by atoms with Crippen molar-refractivity contribution in [2.45, 2.75) is 24.8 Å². The van der Waals surface area contributed by atoms with Crippen LogP contribution < -0.4 is 10.0 Å². The van der Waals surface area contributed by atoms with Gasteiger partial charge in [0.1, 0.15) is 0 Å². The van der Waals surface area contributed by atoms with Crippen molar-refractivity contribution in [1.82, 2.24) is 15.0 Å². The molecule has 112 valence electrons. The number of hydrogen-bond acceptors (Lipinski definition) is 4. The lowest BCUT2D eigenvalue weighted by Gasteiger charge is -2.14. The van der Waals surface area contributed by atoms with Gasteiger partial charge in [0.15, 0.2) is 0 Å². The molecule has 6 nitrogen and oxygen atoms in total. The molecule has 0 fully saturated rings. The van der Waals surface area contributed by atoms with E-state index in [-0.39, 0.29) is 10.8 Å². The molecule has 0 aliphatic carbocycles. The quantitative estimate of drug-likeness (QED) is 0.864. The Morgan fingerprint density at radius 3 is 2.76 bits per heavy atom. The number of carbonyl (C=O) groups excluding carboxylic acids is 1. The van der Waals surface area contributed by atoms with Gasteiger partial charge in [0.2, 0.25) is 15.9 Å². The van der Waals surface area contributed by atoms with E-state index in [0.717, 1.165) is 0 Å². The topological polar surface area (TPSA) is 88.2 Å². The van der Waals surface area contributed by atoms with Gasteiger partial charge in [-0.1, -0.05) is 6.07 Å². The van der Waals surface area contributed by atoms with E-state index in [2.05, 4.69) is 15.0 Å². The van der Waals surface area contributed by atoms with Gasteiger partial charge in [0, 0.05) is 18.1 Å². The Balaban J connectivity index is 2.36. The Bertz CT molecular complexity index is 754. The van der Waals surface area contributed by atoms with Crippen LogP contribution in [0.25, 0.3) is 10.9 Å². The van der Waals surface area contributed by atoms with E-state index in [1.54, 1.807) is 37.4 Å². The van der Waals surface area contributed by atoms with Crippen LogP contribution in [0.2, 0.25) is 0 Å². The minimum atomic E-state index is -3.80. The molecule has 2 N–H and O–H groups in total. The van der Waals surface area contributed by atoms with Crippen molar-refractivity contribution in [3.63, 3.8) is 0 Å². The maximum atomic E-state index is 12.4. The summed E-state index contributed by atoms with van der Waals surface area (Å²) < 4.78 is 27.3. The summed E-state index contributed by atoms with van der Waals surface area (Å²) >= 11 is 0. The number of carbonyl (C=O) groups is 1. The van der Waals surface area contributed by atoms with Crippen LogP contribution in [-0.2, 0) is 14.8 Å². The molecular formula is C14H17N3O3S. The third kappa shape index (κ3) is 3.37. The predicted octanol–water partition coefficient (Wildman–Crippen LogP) is 1.04. The number of aromatic nitrogens is 1. The molecule has 2 rings (SSSR count). The zero-order chi connectivity index (χ0) is 15.5. The Morgan fingerprint density at radius 2 is 2.05 bits per heavy atom. The average Bonchev–Trinajstić information content (AvgIpc) is 2.46. The molecule has 7 heteroatoms. The summed E-state index contributed by atoms with van der Waals surface area (Å²) in [4.78, 5) is 15.9. The van der Waals surface area contributed by atoms with Gasteiger partial charge in [-0.05, 0) is 38.1 Å². The molecular weight excluding hydrogens is 290 g/mol. The van der Waals surface area contributed by atoms with Crippen LogP contribution >= 0.6 is 0 Å². The number of hydrogen-bond donors (Lipinski definition) is 2. The van der Waals surface area contributed by atoms with Crippen molar-refractivity contribution in [2.75, 3.05) is 6.54 Å². The number of benzene rings is 1. The average molecular weight is 307 g/mol. The third-order valence-electron chi connectivity index (χ3n) is 2.97. The molecule has 1 amide bonds. The number of sulfonamides is 1. The predicted molar refractivity (Wildman–Crippen MR) is 80.2 cm³/mol. The Morgan fingerprint density at radius 1 is 1.29 bits per heavy atom. The van der Waals surface area contributed by atoms with E-state index in [0.29, 0.717) is 17.4 Å². The second-order valence-corrected chi connectivity index (χ2v) is 6.25. The maximum Gasteiger partial charge on any atom is 0.241 e. The number of amides is 1. The van der Waals surface area contributed by atoms with Crippen LogP contribution in [0.4, 0.5) is 0 Å². The van der Waals surface area contributed by atoms with Gasteiger partial charge < -0.3 is 5.32 Å². The van der Waals surface area contributed by atoms with Crippen LogP contribution in [0.15, 0.2) is 41.4 Å². The van der Waals surface area contributed by atoms with Gasteiger partial charge >= 0.3 is 0 Å². The van der Waals surface area contributed by atoms with Crippen LogP contribution in [-0.4, -0.2) is 31.9 Å². The molecule has 0 saturated carbocycles. The molecule has 1 aromatic heterocycles. The molecule has 2 aromatic rings. The second-order valence-electron chi connectivity index (χ2n) is 4.56. The summed E-state index contributed by atoms with van der Waals surface area (Å²) in [5.74, 6) is -0.362. The summed E-state index contributed by atoms with van der Waals surface area (Å²) in [5.41, 5.74) is 0.589. The number of nitrogens with one attached hydrogen (secondary N) is 2. The van der Waals surface area contributed by atoms with Gasteiger partial charge in [-0.15, -0.1) is 0 Å². The third-order valence-corrected chi connectivity index (χ3v) is 4.57. The molecule has 1 heterocycles. The number of rotatable bonds is 5. The van der Waals surface area contributed by atoms with Crippen molar-refractivity contribution < 1.29 is 13.2 Å². The van der Waals surface area contributed by atoms with Crippen molar-refractivity contribution in [1.29, 1.82) is 0 Å². The lowest BCUT2D eigenvalue weighted by Crippen LogP contribution is -2.44. The fourth-order valence-corrected chi connectivity index (χ4v) is 3.41. The molecule has 1 aromatic carbocycles. The molecule has 0 unspecified atom stereocenters. The molecule has 21 heavy (non-hydrogen) atoms. The number of likely N-dealkylation sites (N-methyl/N-ethyl adjacent to an activating group) is 1. The first-order valence-electron chi connectivity index (χ1n) is 6.59. The lowest BCUT2D eigenvalue weighted by atomic mass is 10.2. The summed E-state index contributed by atoms with van der Waals surface area (Å²) in [6.45, 7) is 3.73. The van der Waals surface area contributed by atoms with Gasteiger partial charge in [-0.25, -0.2) is 8.42 Å². The summed E-state index contributed by atoms with van der Waals surface area (Å²) in [7, 11) is -3.80. The van der Waals surface area contributed by atoms with Crippen LogP contribution in [0.5, 0.6) is 0 Å². The minimum absolute atomic E-state index is 0.115. The molecule has 0 bridgehead atoms. The molecule has 1 atom stereocenters. The van der Waals surface area contributed by atoms with Crippen molar-refractivity contribution in [3.8, 4) is 0 Å². The second kappa shape index (κ2) is 6.19. The van der Waals surface area contributed by atoms with E-state index < -0.39 is 16.1 Å². The zero-order valence-corrected chi connectivity index (χ0v) is 12.6. The molecule has 0 spiro atoms. The van der Waals surface area contributed by atoms with Crippen LogP contribution in [0.1, 0.15) is 13.8 Å². The standard InChI is InChI=1S/C14H17N3O3S/c1-3-15-14(18)10(2)17-21(19,20)13-8-4-7-12-11(13)6-5-9-16-12/h4-10,17H,3H2,1-2H3,(H,15,18)/t10-/m1/s1. The summed E-state index contributed by atoms with van der Waals surface area (Å²) in [5, 5.41) is 3.10. The number of pyridine rings is 1. The monoisotopic (exact) mass is 307 g/mol. The highest BCUT2D eigenvalue weighted by Gasteiger charge is 2.23. The van der Waals surface area contributed by atoms with E-state index >= 15 is 0 Å². The van der Waals surface area contributed by atoms with E-state index in [1.807, 2.05) is 0 Å². The summed E-state index contributed by atoms with van der Waals surface area (Å²) in [6, 6.07) is 7.38. The molecule has 0 aliphatic rings. The molecule has 0 saturated heterocycles. The Hall–Kier alpha value is -1.99. The van der Waals surface area contributed by atoms with Gasteiger partial charge in [-0.3, -0.25) is 9.78 Å². The highest BCUT2D eigenvalue weighted by molar-refractivity contribution is 7.89.